The molecular weight excluding hydrogens is 290 g/mol. The average Bonchev–Trinajstić information content (AvgIpc) is 2.53. The fraction of sp³-hybridized carbons (Fsp3) is 0.562. The molecule has 2 aliphatic rings. The molecule has 21 heavy (non-hydrogen) atoms. The number of hydrogen-bond acceptors (Lipinski definition) is 3. The van der Waals surface area contributed by atoms with Gasteiger partial charge in [0.2, 0.25) is 5.91 Å². The van der Waals surface area contributed by atoms with Crippen LogP contribution >= 0.6 is 11.6 Å². The minimum atomic E-state index is 0.149. The van der Waals surface area contributed by atoms with Crippen molar-refractivity contribution in [2.45, 2.75) is 45.3 Å². The quantitative estimate of drug-likeness (QED) is 0.931. The molecule has 0 aromatic heterocycles. The molecule has 1 aliphatic carbocycles. The number of benzene rings is 1. The smallest absolute Gasteiger partial charge is 0.223 e. The van der Waals surface area contributed by atoms with Crippen molar-refractivity contribution in [1.82, 2.24) is 5.32 Å². The standard InChI is InChI=1S/C16H20ClNO3/c17-14-6-12(15-13(7-14)9-20-10-21-15)8-18-16(19)11-4-2-1-3-5-11/h6-7,11H,1-5,8-10H2,(H,18,19). The van der Waals surface area contributed by atoms with E-state index in [0.29, 0.717) is 18.2 Å². The summed E-state index contributed by atoms with van der Waals surface area (Å²) in [5, 5.41) is 3.67. The largest absolute Gasteiger partial charge is 0.467 e. The van der Waals surface area contributed by atoms with Gasteiger partial charge in [-0.05, 0) is 25.0 Å². The van der Waals surface area contributed by atoms with Crippen molar-refractivity contribution in [2.24, 2.45) is 5.92 Å². The number of hydrogen-bond donors (Lipinski definition) is 1. The molecule has 0 bridgehead atoms. The van der Waals surface area contributed by atoms with Gasteiger partial charge in [0.25, 0.3) is 0 Å². The topological polar surface area (TPSA) is 47.6 Å². The Morgan fingerprint density at radius 3 is 2.90 bits per heavy atom. The van der Waals surface area contributed by atoms with Gasteiger partial charge in [-0.3, -0.25) is 4.79 Å². The Kier molecular flexibility index (Phi) is 4.66. The fourth-order valence-electron chi connectivity index (χ4n) is 3.08. The summed E-state index contributed by atoms with van der Waals surface area (Å²) in [6.45, 7) is 1.20. The van der Waals surface area contributed by atoms with E-state index >= 15 is 0 Å². The lowest BCUT2D eigenvalue weighted by molar-refractivity contribution is -0.126. The van der Waals surface area contributed by atoms with Crippen LogP contribution in [0.15, 0.2) is 12.1 Å². The van der Waals surface area contributed by atoms with E-state index in [1.807, 2.05) is 12.1 Å². The van der Waals surface area contributed by atoms with Crippen LogP contribution in [0.3, 0.4) is 0 Å². The molecule has 1 aliphatic heterocycles. The van der Waals surface area contributed by atoms with Gasteiger partial charge in [0, 0.05) is 28.6 Å². The number of carbonyl (C=O) groups excluding carboxylic acids is 1. The first-order valence-electron chi connectivity index (χ1n) is 7.53. The van der Waals surface area contributed by atoms with E-state index in [4.69, 9.17) is 21.1 Å². The highest BCUT2D eigenvalue weighted by Gasteiger charge is 2.22. The molecule has 0 radical (unpaired) electrons. The number of fused-ring (bicyclic) bond motifs is 1. The summed E-state index contributed by atoms with van der Waals surface area (Å²) in [6, 6.07) is 3.70. The van der Waals surface area contributed by atoms with Crippen LogP contribution in [0.2, 0.25) is 5.02 Å². The molecule has 4 nitrogen and oxygen atoms in total. The third kappa shape index (κ3) is 3.50. The van der Waals surface area contributed by atoms with Crippen molar-refractivity contribution in [3.63, 3.8) is 0 Å². The summed E-state index contributed by atoms with van der Waals surface area (Å²) in [4.78, 5) is 12.2. The van der Waals surface area contributed by atoms with Crippen LogP contribution in [0.25, 0.3) is 0 Å². The van der Waals surface area contributed by atoms with E-state index < -0.39 is 0 Å². The first-order valence-corrected chi connectivity index (χ1v) is 7.91. The zero-order valence-electron chi connectivity index (χ0n) is 12.0. The van der Waals surface area contributed by atoms with Crippen LogP contribution in [0.5, 0.6) is 5.75 Å². The van der Waals surface area contributed by atoms with Crippen molar-refractivity contribution in [3.8, 4) is 5.75 Å². The zero-order chi connectivity index (χ0) is 14.7. The summed E-state index contributed by atoms with van der Waals surface area (Å²) < 4.78 is 10.8. The lowest BCUT2D eigenvalue weighted by Gasteiger charge is -2.23. The number of ether oxygens (including phenoxy) is 2. The van der Waals surface area contributed by atoms with Crippen molar-refractivity contribution in [3.05, 3.63) is 28.3 Å². The van der Waals surface area contributed by atoms with Crippen molar-refractivity contribution < 1.29 is 14.3 Å². The second kappa shape index (κ2) is 6.67. The van der Waals surface area contributed by atoms with Crippen LogP contribution in [-0.2, 0) is 22.7 Å². The number of nitrogens with one attached hydrogen (secondary N) is 1. The summed E-state index contributed by atoms with van der Waals surface area (Å²) in [5.41, 5.74) is 1.86. The molecule has 5 heteroatoms. The van der Waals surface area contributed by atoms with Crippen LogP contribution in [-0.4, -0.2) is 12.7 Å². The average molecular weight is 310 g/mol. The summed E-state index contributed by atoms with van der Waals surface area (Å²) >= 11 is 6.12. The molecule has 0 atom stereocenters. The molecule has 114 valence electrons. The molecular formula is C16H20ClNO3. The van der Waals surface area contributed by atoms with E-state index in [9.17, 15) is 4.79 Å². The van der Waals surface area contributed by atoms with E-state index in [0.717, 1.165) is 42.6 Å². The number of halogens is 1. The summed E-state index contributed by atoms with van der Waals surface area (Å²) in [7, 11) is 0. The lowest BCUT2D eigenvalue weighted by Crippen LogP contribution is -2.31. The monoisotopic (exact) mass is 309 g/mol. The Balaban J connectivity index is 1.67. The third-order valence-electron chi connectivity index (χ3n) is 4.18. The van der Waals surface area contributed by atoms with Crippen molar-refractivity contribution >= 4 is 17.5 Å². The van der Waals surface area contributed by atoms with Gasteiger partial charge in [-0.25, -0.2) is 0 Å². The van der Waals surface area contributed by atoms with E-state index in [-0.39, 0.29) is 18.6 Å². The number of carbonyl (C=O) groups is 1. The molecule has 1 N–H and O–H groups in total. The predicted molar refractivity (Wildman–Crippen MR) is 80.2 cm³/mol. The maximum absolute atomic E-state index is 12.2. The molecule has 1 fully saturated rings. The maximum Gasteiger partial charge on any atom is 0.223 e. The van der Waals surface area contributed by atoms with Gasteiger partial charge in [0.15, 0.2) is 6.79 Å². The number of rotatable bonds is 3. The summed E-state index contributed by atoms with van der Waals surface area (Å²) in [6.07, 6.45) is 5.57. The van der Waals surface area contributed by atoms with E-state index in [1.54, 1.807) is 0 Å². The van der Waals surface area contributed by atoms with Crippen LogP contribution in [0.1, 0.15) is 43.2 Å². The normalized spacial score (nSPS) is 18.7. The van der Waals surface area contributed by atoms with Crippen LogP contribution in [0.4, 0.5) is 0 Å². The van der Waals surface area contributed by atoms with Gasteiger partial charge in [-0.2, -0.15) is 0 Å². The van der Waals surface area contributed by atoms with Gasteiger partial charge in [0.05, 0.1) is 6.61 Å². The van der Waals surface area contributed by atoms with Gasteiger partial charge >= 0.3 is 0 Å². The molecule has 0 spiro atoms. The third-order valence-corrected chi connectivity index (χ3v) is 4.40. The predicted octanol–water partition coefficient (Wildman–Crippen LogP) is 3.40. The maximum atomic E-state index is 12.2. The minimum absolute atomic E-state index is 0.149. The SMILES string of the molecule is O=C(NCc1cc(Cl)cc2c1OCOC2)C1CCCCC1. The molecule has 1 aromatic carbocycles. The zero-order valence-corrected chi connectivity index (χ0v) is 12.7. The lowest BCUT2D eigenvalue weighted by atomic mass is 9.88. The molecule has 1 heterocycles. The Labute approximate surface area is 129 Å². The minimum Gasteiger partial charge on any atom is -0.467 e. The molecule has 3 rings (SSSR count). The first-order chi connectivity index (χ1) is 10.2. The highest BCUT2D eigenvalue weighted by Crippen LogP contribution is 2.31. The van der Waals surface area contributed by atoms with Crippen molar-refractivity contribution in [2.75, 3.05) is 6.79 Å². The van der Waals surface area contributed by atoms with E-state index in [1.165, 1.54) is 6.42 Å². The molecule has 0 unspecified atom stereocenters. The Morgan fingerprint density at radius 1 is 1.29 bits per heavy atom. The molecule has 1 saturated carbocycles. The van der Waals surface area contributed by atoms with E-state index in [2.05, 4.69) is 5.32 Å². The number of amides is 1. The molecule has 1 aromatic rings. The van der Waals surface area contributed by atoms with Crippen LogP contribution in [0, 0.1) is 5.92 Å². The fourth-order valence-corrected chi connectivity index (χ4v) is 3.34. The van der Waals surface area contributed by atoms with Gasteiger partial charge < -0.3 is 14.8 Å². The van der Waals surface area contributed by atoms with Crippen molar-refractivity contribution in [1.29, 1.82) is 0 Å². The van der Waals surface area contributed by atoms with Gasteiger partial charge in [0.1, 0.15) is 5.75 Å². The highest BCUT2D eigenvalue weighted by molar-refractivity contribution is 6.30. The molecule has 1 amide bonds. The second-order valence-electron chi connectivity index (χ2n) is 5.72. The Hall–Kier alpha value is -1.26. The molecule has 0 saturated heterocycles. The first kappa shape index (κ1) is 14.7. The highest BCUT2D eigenvalue weighted by atomic mass is 35.5. The second-order valence-corrected chi connectivity index (χ2v) is 6.15. The van der Waals surface area contributed by atoms with Crippen LogP contribution < -0.4 is 10.1 Å². The Morgan fingerprint density at radius 2 is 2.10 bits per heavy atom. The Bertz CT molecular complexity index is 526. The van der Waals surface area contributed by atoms with Gasteiger partial charge in [-0.15, -0.1) is 0 Å². The summed E-state index contributed by atoms with van der Waals surface area (Å²) in [5.74, 6) is 1.11. The van der Waals surface area contributed by atoms with Gasteiger partial charge in [-0.1, -0.05) is 30.9 Å².